The Morgan fingerprint density at radius 1 is 1.53 bits per heavy atom. The van der Waals surface area contributed by atoms with Gasteiger partial charge in [-0.15, -0.1) is 6.42 Å². The first-order valence-corrected chi connectivity index (χ1v) is 6.04. The molecule has 0 aromatic rings. The van der Waals surface area contributed by atoms with Crippen LogP contribution in [0.2, 0.25) is 0 Å². The van der Waals surface area contributed by atoms with Crippen LogP contribution in [-0.4, -0.2) is 26.8 Å². The topological polar surface area (TPSA) is 78.9 Å². The van der Waals surface area contributed by atoms with Crippen LogP contribution in [0.4, 0.5) is 0 Å². The maximum absolute atomic E-state index is 11.5. The van der Waals surface area contributed by atoms with Crippen LogP contribution in [0.15, 0.2) is 0 Å². The monoisotopic (exact) mass is 254 g/mol. The molecular formula is C7H11O6PS. The first kappa shape index (κ1) is 14.5. The van der Waals surface area contributed by atoms with Crippen molar-refractivity contribution >= 4 is 18.8 Å². The lowest BCUT2D eigenvalue weighted by Gasteiger charge is -2.24. The van der Waals surface area contributed by atoms with E-state index in [0.717, 1.165) is 6.92 Å². The van der Waals surface area contributed by atoms with Crippen molar-refractivity contribution in [2.45, 2.75) is 19.0 Å². The highest BCUT2D eigenvalue weighted by Gasteiger charge is 2.43. The van der Waals surface area contributed by atoms with Gasteiger partial charge in [0, 0.05) is 13.5 Å². The molecule has 0 N–H and O–H groups in total. The van der Waals surface area contributed by atoms with Crippen molar-refractivity contribution in [3.63, 3.8) is 0 Å². The van der Waals surface area contributed by atoms with Crippen LogP contribution in [-0.2, 0) is 28.1 Å². The Hall–Kier alpha value is -0.510. The van der Waals surface area contributed by atoms with Crippen LogP contribution in [0.25, 0.3) is 0 Å². The molecular weight excluding hydrogens is 243 g/mol. The standard InChI is InChI=1S/C7H11O6PS/c1-4-6-12-15(9,10)7(3,11-5-2)13-14-8/h1H,5-6H2,2-3H3. The highest BCUT2D eigenvalue weighted by Crippen LogP contribution is 2.26. The summed E-state index contributed by atoms with van der Waals surface area (Å²) in [5.41, 5.74) is 0. The zero-order valence-electron chi connectivity index (χ0n) is 8.30. The summed E-state index contributed by atoms with van der Waals surface area (Å²) in [6, 6.07) is 0. The number of ether oxygens (including phenoxy) is 1. The summed E-state index contributed by atoms with van der Waals surface area (Å²) in [6.45, 7) is 2.24. The van der Waals surface area contributed by atoms with E-state index >= 15 is 0 Å². The summed E-state index contributed by atoms with van der Waals surface area (Å²) in [6.07, 6.45) is 4.84. The minimum absolute atomic E-state index is 0.0463. The van der Waals surface area contributed by atoms with Gasteiger partial charge in [0.25, 0.3) is 0 Å². The van der Waals surface area contributed by atoms with E-state index in [1.807, 2.05) is 5.92 Å². The van der Waals surface area contributed by atoms with Gasteiger partial charge < -0.3 is 4.74 Å². The van der Waals surface area contributed by atoms with Gasteiger partial charge in [0.05, 0.1) is 0 Å². The molecule has 0 aliphatic carbocycles. The molecule has 0 radical (unpaired) electrons. The molecule has 6 nitrogen and oxygen atoms in total. The van der Waals surface area contributed by atoms with E-state index in [0.29, 0.717) is 0 Å². The lowest BCUT2D eigenvalue weighted by Crippen LogP contribution is -2.40. The predicted octanol–water partition coefficient (Wildman–Crippen LogP) is 0.899. The molecule has 0 heterocycles. The third-order valence-electron chi connectivity index (χ3n) is 1.36. The van der Waals surface area contributed by atoms with Gasteiger partial charge in [-0.3, -0.25) is 4.18 Å². The zero-order chi connectivity index (χ0) is 11.9. The highest BCUT2D eigenvalue weighted by atomic mass is 32.2. The van der Waals surface area contributed by atoms with Crippen LogP contribution < -0.4 is 0 Å². The van der Waals surface area contributed by atoms with E-state index in [1.54, 1.807) is 6.92 Å². The summed E-state index contributed by atoms with van der Waals surface area (Å²) in [5, 5.41) is -2.12. The molecule has 8 heteroatoms. The fourth-order valence-corrected chi connectivity index (χ4v) is 2.04. The highest BCUT2D eigenvalue weighted by molar-refractivity contribution is 7.87. The Morgan fingerprint density at radius 3 is 2.53 bits per heavy atom. The first-order valence-electron chi connectivity index (χ1n) is 3.90. The molecule has 0 aliphatic rings. The number of hydrogen-bond acceptors (Lipinski definition) is 6. The van der Waals surface area contributed by atoms with Crippen LogP contribution in [0.5, 0.6) is 0 Å². The molecule has 0 aromatic heterocycles. The van der Waals surface area contributed by atoms with Gasteiger partial charge in [0.15, 0.2) is 0 Å². The van der Waals surface area contributed by atoms with Crippen molar-refractivity contribution in [2.24, 2.45) is 0 Å². The average molecular weight is 254 g/mol. The molecule has 1 unspecified atom stereocenters. The summed E-state index contributed by atoms with van der Waals surface area (Å²) >= 11 is 0. The SMILES string of the molecule is C#CCOS(=O)(=O)C(C)(OCC)OP=O. The molecule has 86 valence electrons. The Bertz CT molecular complexity index is 345. The van der Waals surface area contributed by atoms with Crippen molar-refractivity contribution in [3.05, 3.63) is 0 Å². The van der Waals surface area contributed by atoms with Crippen LogP contribution in [0, 0.1) is 12.3 Å². The molecule has 0 aromatic carbocycles. The molecule has 0 fully saturated rings. The van der Waals surface area contributed by atoms with E-state index in [-0.39, 0.29) is 6.61 Å². The van der Waals surface area contributed by atoms with Gasteiger partial charge in [-0.25, -0.2) is 9.09 Å². The van der Waals surface area contributed by atoms with Crippen molar-refractivity contribution in [1.29, 1.82) is 0 Å². The molecule has 0 rings (SSSR count). The van der Waals surface area contributed by atoms with Crippen LogP contribution in [0.1, 0.15) is 13.8 Å². The molecule has 0 aliphatic heterocycles. The van der Waals surface area contributed by atoms with Gasteiger partial charge in [-0.2, -0.15) is 8.42 Å². The maximum Gasteiger partial charge on any atom is 0.331 e. The Kier molecular flexibility index (Phi) is 5.95. The van der Waals surface area contributed by atoms with Crippen molar-refractivity contribution in [3.8, 4) is 12.3 Å². The minimum Gasteiger partial charge on any atom is -0.336 e. The summed E-state index contributed by atoms with van der Waals surface area (Å²) in [7, 11) is -5.03. The summed E-state index contributed by atoms with van der Waals surface area (Å²) in [4.78, 5) is 0. The maximum atomic E-state index is 11.5. The second-order valence-electron chi connectivity index (χ2n) is 2.38. The zero-order valence-corrected chi connectivity index (χ0v) is 10.0. The van der Waals surface area contributed by atoms with Crippen molar-refractivity contribution in [2.75, 3.05) is 13.2 Å². The lowest BCUT2D eigenvalue weighted by molar-refractivity contribution is -0.100. The molecule has 1 atom stereocenters. The minimum atomic E-state index is -4.20. The van der Waals surface area contributed by atoms with E-state index in [1.165, 1.54) is 0 Å². The van der Waals surface area contributed by atoms with Gasteiger partial charge >= 0.3 is 23.9 Å². The Labute approximate surface area is 90.3 Å². The second-order valence-corrected chi connectivity index (χ2v) is 4.60. The average Bonchev–Trinajstić information content (AvgIpc) is 2.15. The third kappa shape index (κ3) is 3.86. The molecule has 15 heavy (non-hydrogen) atoms. The normalized spacial score (nSPS) is 15.8. The Balaban J connectivity index is 4.90. The number of terminal acetylenes is 1. The van der Waals surface area contributed by atoms with Crippen molar-refractivity contribution < 1.29 is 26.4 Å². The molecule has 0 saturated carbocycles. The number of hydrogen-bond donors (Lipinski definition) is 0. The largest absolute Gasteiger partial charge is 0.336 e. The molecule has 0 saturated heterocycles. The van der Waals surface area contributed by atoms with Crippen LogP contribution in [0.3, 0.4) is 0 Å². The second kappa shape index (κ2) is 6.16. The molecule has 0 spiro atoms. The van der Waals surface area contributed by atoms with Crippen molar-refractivity contribution in [1.82, 2.24) is 0 Å². The van der Waals surface area contributed by atoms with Gasteiger partial charge in [0.2, 0.25) is 0 Å². The molecule has 0 bridgehead atoms. The first-order chi connectivity index (χ1) is 6.93. The van der Waals surface area contributed by atoms with Crippen LogP contribution >= 0.6 is 8.69 Å². The van der Waals surface area contributed by atoms with Gasteiger partial charge in [0.1, 0.15) is 6.61 Å². The molecule has 0 amide bonds. The van der Waals surface area contributed by atoms with E-state index < -0.39 is 30.5 Å². The van der Waals surface area contributed by atoms with E-state index in [2.05, 4.69) is 8.71 Å². The number of rotatable bonds is 7. The summed E-state index contributed by atoms with van der Waals surface area (Å²) < 4.78 is 46.9. The quantitative estimate of drug-likeness (QED) is 0.290. The smallest absolute Gasteiger partial charge is 0.331 e. The lowest BCUT2D eigenvalue weighted by atomic mass is 10.7. The Morgan fingerprint density at radius 2 is 2.13 bits per heavy atom. The predicted molar refractivity (Wildman–Crippen MR) is 52.4 cm³/mol. The van der Waals surface area contributed by atoms with E-state index in [9.17, 15) is 13.0 Å². The van der Waals surface area contributed by atoms with E-state index in [4.69, 9.17) is 11.2 Å². The van der Waals surface area contributed by atoms with Gasteiger partial charge in [-0.05, 0) is 6.92 Å². The third-order valence-corrected chi connectivity index (χ3v) is 3.45. The van der Waals surface area contributed by atoms with Gasteiger partial charge in [-0.1, -0.05) is 5.92 Å². The summed E-state index contributed by atoms with van der Waals surface area (Å²) in [5.74, 6) is 1.99. The fraction of sp³-hybridized carbons (Fsp3) is 0.714. The fourth-order valence-electron chi connectivity index (χ4n) is 0.693.